The average molecular weight is 602 g/mol. The van der Waals surface area contributed by atoms with Gasteiger partial charge in [0.15, 0.2) is 24.5 Å². The Balaban J connectivity index is 1.80. The van der Waals surface area contributed by atoms with Gasteiger partial charge in [-0.05, 0) is 6.42 Å². The number of hydrogen-bond acceptors (Lipinski definition) is 16. The molecule has 3 aliphatic heterocycles. The smallest absolute Gasteiger partial charge is 0.336 e. The summed E-state index contributed by atoms with van der Waals surface area (Å²) < 4.78 is 32.6. The van der Waals surface area contributed by atoms with Crippen LogP contribution in [0.1, 0.15) is 19.3 Å². The molecule has 0 bridgehead atoms. The number of aliphatic hydroxyl groups excluding tert-OH is 7. The highest BCUT2D eigenvalue weighted by Gasteiger charge is 2.56. The van der Waals surface area contributed by atoms with E-state index in [2.05, 4.69) is 0 Å². The van der Waals surface area contributed by atoms with Gasteiger partial charge in [-0.2, -0.15) is 0 Å². The van der Waals surface area contributed by atoms with Crippen LogP contribution in [0.2, 0.25) is 0 Å². The molecule has 0 aromatic rings. The summed E-state index contributed by atoms with van der Waals surface area (Å²) in [6.45, 7) is -2.30. The Labute approximate surface area is 230 Å². The van der Waals surface area contributed by atoms with Crippen molar-refractivity contribution < 1.29 is 93.9 Å². The molecule has 3 rings (SSSR count). The van der Waals surface area contributed by atoms with E-state index in [0.29, 0.717) is 0 Å². The third-order valence-electron chi connectivity index (χ3n) is 6.94. The molecule has 13 unspecified atom stereocenters. The Morgan fingerprint density at radius 2 is 1.17 bits per heavy atom. The van der Waals surface area contributed by atoms with Crippen LogP contribution in [0, 0.1) is 0 Å². The number of carbonyl (C=O) groups is 3. The summed E-state index contributed by atoms with van der Waals surface area (Å²) in [7, 11) is 0. The number of rotatable bonds is 15. The van der Waals surface area contributed by atoms with E-state index in [4.69, 9.17) is 33.5 Å². The van der Waals surface area contributed by atoms with E-state index in [-0.39, 0.29) is 0 Å². The van der Waals surface area contributed by atoms with Crippen molar-refractivity contribution in [3.05, 3.63) is 0 Å². The van der Waals surface area contributed by atoms with Gasteiger partial charge in [-0.25, -0.2) is 4.79 Å². The van der Waals surface area contributed by atoms with Gasteiger partial charge in [-0.3, -0.25) is 9.59 Å². The lowest BCUT2D eigenvalue weighted by Crippen LogP contribution is -2.50. The van der Waals surface area contributed by atoms with Gasteiger partial charge in [-0.1, -0.05) is 0 Å². The Hall–Kier alpha value is -2.11. The van der Waals surface area contributed by atoms with E-state index in [9.17, 15) is 60.3 Å². The van der Waals surface area contributed by atoms with E-state index >= 15 is 0 Å². The van der Waals surface area contributed by atoms with Gasteiger partial charge < -0.3 is 79.5 Å². The Kier molecular flexibility index (Phi) is 11.3. The van der Waals surface area contributed by atoms with E-state index < -0.39 is 136 Å². The van der Waals surface area contributed by atoms with Crippen LogP contribution in [0.4, 0.5) is 0 Å². The number of carboxylic acid groups (broad SMARTS) is 3. The first-order valence-electron chi connectivity index (χ1n) is 12.5. The second-order valence-electron chi connectivity index (χ2n) is 9.72. The van der Waals surface area contributed by atoms with E-state index in [0.717, 1.165) is 0 Å². The molecular weight excluding hydrogens is 568 g/mol. The van der Waals surface area contributed by atoms with Crippen LogP contribution in [0.3, 0.4) is 0 Å². The van der Waals surface area contributed by atoms with E-state index in [1.54, 1.807) is 0 Å². The highest BCUT2D eigenvalue weighted by molar-refractivity contribution is 5.84. The molecule has 0 spiro atoms. The third kappa shape index (κ3) is 7.28. The average Bonchev–Trinajstić information content (AvgIpc) is 3.48. The maximum absolute atomic E-state index is 12.0. The minimum atomic E-state index is -2.67. The minimum absolute atomic E-state index is 0.682. The zero-order valence-corrected chi connectivity index (χ0v) is 21.3. The standard InChI is InChI=1S/C22H34O19/c23-4-7-12(30)14(32)18(36-7)40-17-13(31)8(5-24)37-20(17)39-16-9(6-25)38-19(15(16)33)41-22(21(34)35,3-11(28)29)2-1-10(26)27/h7-9,12-20,23-25,30-33H,1-6H2,(H,26,27)(H,28,29)(H,34,35). The predicted molar refractivity (Wildman–Crippen MR) is 122 cm³/mol. The molecule has 0 saturated carbocycles. The molecule has 3 aliphatic rings. The second-order valence-corrected chi connectivity index (χ2v) is 9.72. The van der Waals surface area contributed by atoms with Gasteiger partial charge in [0.05, 0.1) is 26.2 Å². The monoisotopic (exact) mass is 602 g/mol. The molecule has 19 heteroatoms. The molecule has 3 saturated heterocycles. The number of aliphatic carboxylic acids is 3. The van der Waals surface area contributed by atoms with Crippen molar-refractivity contribution in [3.8, 4) is 0 Å². The zero-order chi connectivity index (χ0) is 30.6. The number of hydrogen-bond donors (Lipinski definition) is 10. The molecule has 19 nitrogen and oxygen atoms in total. The van der Waals surface area contributed by atoms with Gasteiger partial charge in [0, 0.05) is 6.42 Å². The molecule has 0 aliphatic carbocycles. The van der Waals surface area contributed by atoms with Gasteiger partial charge >= 0.3 is 17.9 Å². The van der Waals surface area contributed by atoms with E-state index in [1.807, 2.05) is 0 Å². The van der Waals surface area contributed by atoms with Crippen molar-refractivity contribution in [2.75, 3.05) is 19.8 Å². The molecule has 13 atom stereocenters. The van der Waals surface area contributed by atoms with Crippen molar-refractivity contribution in [2.24, 2.45) is 0 Å². The van der Waals surface area contributed by atoms with Crippen molar-refractivity contribution in [1.82, 2.24) is 0 Å². The summed E-state index contributed by atoms with van der Waals surface area (Å²) in [6, 6.07) is 0. The quantitative estimate of drug-likeness (QED) is 0.0835. The first kappa shape index (κ1) is 33.4. The largest absolute Gasteiger partial charge is 0.481 e. The lowest BCUT2D eigenvalue weighted by molar-refractivity contribution is -0.264. The molecule has 0 radical (unpaired) electrons. The van der Waals surface area contributed by atoms with Crippen LogP contribution in [-0.2, 0) is 42.8 Å². The fraction of sp³-hybridized carbons (Fsp3) is 0.864. The fourth-order valence-corrected chi connectivity index (χ4v) is 4.71. The van der Waals surface area contributed by atoms with Gasteiger partial charge in [-0.15, -0.1) is 0 Å². The van der Waals surface area contributed by atoms with Crippen LogP contribution >= 0.6 is 0 Å². The second kappa shape index (κ2) is 13.9. The third-order valence-corrected chi connectivity index (χ3v) is 6.94. The number of aliphatic hydroxyl groups is 7. The number of ether oxygens (including phenoxy) is 6. The summed E-state index contributed by atoms with van der Waals surface area (Å²) in [5.74, 6) is -4.98. The molecule has 3 heterocycles. The Morgan fingerprint density at radius 1 is 0.634 bits per heavy atom. The molecule has 0 amide bonds. The highest BCUT2D eigenvalue weighted by Crippen LogP contribution is 2.36. The first-order valence-corrected chi connectivity index (χ1v) is 12.5. The van der Waals surface area contributed by atoms with Crippen LogP contribution < -0.4 is 0 Å². The molecule has 10 N–H and O–H groups in total. The molecule has 41 heavy (non-hydrogen) atoms. The lowest BCUT2D eigenvalue weighted by atomic mass is 9.93. The zero-order valence-electron chi connectivity index (χ0n) is 21.3. The molecular formula is C22H34O19. The summed E-state index contributed by atoms with van der Waals surface area (Å²) in [4.78, 5) is 34.5. The minimum Gasteiger partial charge on any atom is -0.481 e. The summed E-state index contributed by atoms with van der Waals surface area (Å²) in [5.41, 5.74) is -2.67. The molecule has 236 valence electrons. The van der Waals surface area contributed by atoms with Crippen LogP contribution in [0.15, 0.2) is 0 Å². The van der Waals surface area contributed by atoms with Gasteiger partial charge in [0.25, 0.3) is 0 Å². The predicted octanol–water partition coefficient (Wildman–Crippen LogP) is -5.47. The van der Waals surface area contributed by atoms with Gasteiger partial charge in [0.1, 0.15) is 54.9 Å². The fourth-order valence-electron chi connectivity index (χ4n) is 4.71. The maximum Gasteiger partial charge on any atom is 0.336 e. The van der Waals surface area contributed by atoms with Crippen molar-refractivity contribution in [2.45, 2.75) is 98.7 Å². The first-order chi connectivity index (χ1) is 19.3. The molecule has 3 fully saturated rings. The summed E-state index contributed by atoms with van der Waals surface area (Å²) in [6.07, 6.45) is -22.1. The molecule has 0 aromatic heterocycles. The Morgan fingerprint density at radius 3 is 1.68 bits per heavy atom. The molecule has 0 aromatic carbocycles. The lowest BCUT2D eigenvalue weighted by Gasteiger charge is -2.32. The van der Waals surface area contributed by atoms with Gasteiger partial charge in [0.2, 0.25) is 0 Å². The maximum atomic E-state index is 12.0. The SMILES string of the molecule is O=C(O)CCC(CC(=O)O)(OC1OC(CO)C(OC2OC(CO)C(O)C2OC2OC(CO)C(O)C2O)C1O)C(=O)O. The van der Waals surface area contributed by atoms with Crippen LogP contribution in [0.25, 0.3) is 0 Å². The topological polar surface area (TPSA) is 309 Å². The van der Waals surface area contributed by atoms with Crippen molar-refractivity contribution in [3.63, 3.8) is 0 Å². The number of carboxylic acids is 3. The van der Waals surface area contributed by atoms with Crippen LogP contribution in [-0.4, -0.2) is 168 Å². The van der Waals surface area contributed by atoms with Crippen LogP contribution in [0.5, 0.6) is 0 Å². The summed E-state index contributed by atoms with van der Waals surface area (Å²) >= 11 is 0. The van der Waals surface area contributed by atoms with E-state index in [1.165, 1.54) is 0 Å². The Bertz CT molecular complexity index is 917. The normalized spacial score (nSPS) is 40.5. The van der Waals surface area contributed by atoms with Crippen molar-refractivity contribution >= 4 is 17.9 Å². The summed E-state index contributed by atoms with van der Waals surface area (Å²) in [5, 5.41) is 98.3. The highest BCUT2D eigenvalue weighted by atomic mass is 16.8. The van der Waals surface area contributed by atoms with Crippen molar-refractivity contribution in [1.29, 1.82) is 0 Å².